The summed E-state index contributed by atoms with van der Waals surface area (Å²) < 4.78 is 0. The van der Waals surface area contributed by atoms with Gasteiger partial charge >= 0.3 is 11.9 Å². The van der Waals surface area contributed by atoms with Crippen molar-refractivity contribution in [3.63, 3.8) is 0 Å². The maximum absolute atomic E-state index is 14.1. The minimum absolute atomic E-state index is 0.120. The summed E-state index contributed by atoms with van der Waals surface area (Å²) >= 11 is 0. The zero-order valence-corrected chi connectivity index (χ0v) is 23.3. The minimum Gasteiger partial charge on any atom is -0.507 e. The fraction of sp³-hybridized carbons (Fsp3) is 0.267. The zero-order valence-electron chi connectivity index (χ0n) is 23.3. The number of phenols is 4. The molecule has 0 aromatic heterocycles. The van der Waals surface area contributed by atoms with E-state index < -0.39 is 107 Å². The van der Waals surface area contributed by atoms with Crippen LogP contribution in [0.1, 0.15) is 82.5 Å². The molecule has 4 rings (SSSR count). The fourth-order valence-corrected chi connectivity index (χ4v) is 5.75. The molecule has 0 fully saturated rings. The van der Waals surface area contributed by atoms with Crippen molar-refractivity contribution in [3.8, 4) is 45.3 Å². The standard InChI is InChI=1S/C30H26O12/c1-7(2)11-15-17(19(29(39)40)27(37)25(11)35)23(33)13(9(5)21(15)31)14-10(6)22(32)16-12(8(3)4)26(36)28(38)20(30(41)42)18(16)24(14)34/h7-8,31,33,35,37H,1-6H3,(H,39,40)(H,41,42). The van der Waals surface area contributed by atoms with Crippen molar-refractivity contribution >= 4 is 22.7 Å². The monoisotopic (exact) mass is 578 g/mol. The molecule has 0 spiro atoms. The van der Waals surface area contributed by atoms with E-state index in [-0.39, 0.29) is 27.6 Å². The van der Waals surface area contributed by atoms with Crippen molar-refractivity contribution in [1.82, 2.24) is 0 Å². The number of carbonyl (C=O) groups is 2. The SMILES string of the molecule is Cc1c(-c2c(C)c(=O)c3c(C(C)C)c(=O)c(=O)c(C(=O)O)c-3c2=O)c(O)c2c(C(=O)O)c(O)c(O)c(C(C)C)c2c1O. The lowest BCUT2D eigenvalue weighted by molar-refractivity contribution is 0.0684. The van der Waals surface area contributed by atoms with E-state index >= 15 is 0 Å². The van der Waals surface area contributed by atoms with Crippen LogP contribution in [0, 0.1) is 13.8 Å². The van der Waals surface area contributed by atoms with Gasteiger partial charge in [0, 0.05) is 49.7 Å². The molecule has 0 aliphatic heterocycles. The van der Waals surface area contributed by atoms with Gasteiger partial charge in [0.2, 0.25) is 10.9 Å². The van der Waals surface area contributed by atoms with Gasteiger partial charge in [0.25, 0.3) is 0 Å². The van der Waals surface area contributed by atoms with Crippen molar-refractivity contribution in [2.75, 3.05) is 0 Å². The molecule has 12 heteroatoms. The number of phenolic OH excluding ortho intramolecular Hbond substituents is 3. The van der Waals surface area contributed by atoms with Crippen molar-refractivity contribution < 1.29 is 40.2 Å². The number of hydrogen-bond donors (Lipinski definition) is 6. The molecule has 2 aromatic rings. The molecule has 42 heavy (non-hydrogen) atoms. The lowest BCUT2D eigenvalue weighted by Crippen LogP contribution is -2.40. The molecule has 0 heterocycles. The third-order valence-electron chi connectivity index (χ3n) is 7.60. The highest BCUT2D eigenvalue weighted by atomic mass is 16.4. The smallest absolute Gasteiger partial charge is 0.340 e. The van der Waals surface area contributed by atoms with Crippen molar-refractivity contribution in [3.05, 3.63) is 74.3 Å². The minimum atomic E-state index is -1.94. The molecule has 6 N–H and O–H groups in total. The van der Waals surface area contributed by atoms with Crippen LogP contribution in [0.3, 0.4) is 0 Å². The molecule has 0 bridgehead atoms. The Morgan fingerprint density at radius 1 is 0.500 bits per heavy atom. The Morgan fingerprint density at radius 3 is 1.50 bits per heavy atom. The Morgan fingerprint density at radius 2 is 1.02 bits per heavy atom. The van der Waals surface area contributed by atoms with Crippen LogP contribution in [0.5, 0.6) is 23.0 Å². The van der Waals surface area contributed by atoms with Crippen LogP contribution in [-0.4, -0.2) is 42.6 Å². The third kappa shape index (κ3) is 3.75. The van der Waals surface area contributed by atoms with E-state index in [2.05, 4.69) is 0 Å². The van der Waals surface area contributed by atoms with E-state index in [1.807, 2.05) is 0 Å². The lowest BCUT2D eigenvalue weighted by atomic mass is 9.80. The van der Waals surface area contributed by atoms with Gasteiger partial charge in [-0.05, 0) is 25.7 Å². The Kier molecular flexibility index (Phi) is 6.85. The molecule has 0 radical (unpaired) electrons. The van der Waals surface area contributed by atoms with Crippen molar-refractivity contribution in [2.24, 2.45) is 0 Å². The van der Waals surface area contributed by atoms with Crippen LogP contribution in [-0.2, 0) is 0 Å². The number of aromatic hydroxyl groups is 4. The van der Waals surface area contributed by atoms with E-state index in [1.165, 1.54) is 20.8 Å². The Balaban J connectivity index is 2.44. The summed E-state index contributed by atoms with van der Waals surface area (Å²) in [5, 5.41) is 62.8. The summed E-state index contributed by atoms with van der Waals surface area (Å²) in [6, 6.07) is 0. The normalized spacial score (nSPS) is 11.7. The molecular weight excluding hydrogens is 552 g/mol. The summed E-state index contributed by atoms with van der Waals surface area (Å²) in [7, 11) is 0. The largest absolute Gasteiger partial charge is 0.507 e. The number of carboxylic acids is 2. The molecule has 0 saturated heterocycles. The van der Waals surface area contributed by atoms with Gasteiger partial charge in [-0.2, -0.15) is 0 Å². The predicted octanol–water partition coefficient (Wildman–Crippen LogP) is 3.01. The van der Waals surface area contributed by atoms with Gasteiger partial charge < -0.3 is 30.6 Å². The molecule has 12 nitrogen and oxygen atoms in total. The third-order valence-corrected chi connectivity index (χ3v) is 7.60. The van der Waals surface area contributed by atoms with Crippen LogP contribution in [0.25, 0.3) is 33.0 Å². The quantitative estimate of drug-likeness (QED) is 0.114. The van der Waals surface area contributed by atoms with E-state index in [0.717, 1.165) is 6.92 Å². The first-order chi connectivity index (χ1) is 19.4. The van der Waals surface area contributed by atoms with Gasteiger partial charge in [-0.3, -0.25) is 19.2 Å². The zero-order chi connectivity index (χ0) is 31.9. The highest BCUT2D eigenvalue weighted by Crippen LogP contribution is 2.53. The topological polar surface area (TPSA) is 224 Å². The summed E-state index contributed by atoms with van der Waals surface area (Å²) in [5.74, 6) is -8.82. The van der Waals surface area contributed by atoms with E-state index in [9.17, 15) is 59.4 Å². The predicted molar refractivity (Wildman–Crippen MR) is 152 cm³/mol. The second-order valence-electron chi connectivity index (χ2n) is 10.7. The number of aromatic carboxylic acids is 2. The molecule has 218 valence electrons. The fourth-order valence-electron chi connectivity index (χ4n) is 5.75. The van der Waals surface area contributed by atoms with Gasteiger partial charge in [-0.15, -0.1) is 0 Å². The number of fused-ring (bicyclic) bond motifs is 2. The molecule has 2 aromatic carbocycles. The highest BCUT2D eigenvalue weighted by molar-refractivity contribution is 6.16. The van der Waals surface area contributed by atoms with Crippen LogP contribution in [0.2, 0.25) is 0 Å². The van der Waals surface area contributed by atoms with E-state index in [0.29, 0.717) is 0 Å². The maximum Gasteiger partial charge on any atom is 0.340 e. The lowest BCUT2D eigenvalue weighted by Gasteiger charge is -2.23. The maximum atomic E-state index is 14.1. The Labute approximate surface area is 236 Å². The first-order valence-electron chi connectivity index (χ1n) is 12.7. The second-order valence-corrected chi connectivity index (χ2v) is 10.7. The number of hydrogen-bond acceptors (Lipinski definition) is 10. The van der Waals surface area contributed by atoms with Crippen LogP contribution in [0.15, 0.2) is 19.2 Å². The molecule has 0 saturated carbocycles. The summed E-state index contributed by atoms with van der Waals surface area (Å²) in [6.45, 7) is 8.45. The van der Waals surface area contributed by atoms with Crippen LogP contribution < -0.4 is 21.7 Å². The Bertz CT molecular complexity index is 2080. The van der Waals surface area contributed by atoms with Gasteiger partial charge in [0.1, 0.15) is 22.6 Å². The van der Waals surface area contributed by atoms with Crippen LogP contribution in [0.4, 0.5) is 0 Å². The first-order valence-corrected chi connectivity index (χ1v) is 12.7. The van der Waals surface area contributed by atoms with Gasteiger partial charge in [-0.1, -0.05) is 27.7 Å². The van der Waals surface area contributed by atoms with Crippen molar-refractivity contribution in [1.29, 1.82) is 0 Å². The average Bonchev–Trinajstić information content (AvgIpc) is 2.88. The highest BCUT2D eigenvalue weighted by Gasteiger charge is 2.36. The van der Waals surface area contributed by atoms with Crippen molar-refractivity contribution in [2.45, 2.75) is 53.4 Å². The summed E-state index contributed by atoms with van der Waals surface area (Å²) in [5.41, 5.74) is -11.0. The average molecular weight is 579 g/mol. The van der Waals surface area contributed by atoms with Crippen LogP contribution >= 0.6 is 0 Å². The second kappa shape index (κ2) is 9.68. The molecule has 2 aliphatic carbocycles. The first kappa shape index (κ1) is 29.7. The van der Waals surface area contributed by atoms with Gasteiger partial charge in [0.05, 0.1) is 5.56 Å². The summed E-state index contributed by atoms with van der Waals surface area (Å²) in [6.07, 6.45) is 0. The number of benzene rings is 4. The van der Waals surface area contributed by atoms with E-state index in [1.54, 1.807) is 13.8 Å². The summed E-state index contributed by atoms with van der Waals surface area (Å²) in [4.78, 5) is 77.9. The molecule has 2 aliphatic rings. The van der Waals surface area contributed by atoms with E-state index in [4.69, 9.17) is 0 Å². The Hall–Kier alpha value is -5.26. The molecular formula is C30H26O12. The van der Waals surface area contributed by atoms with Gasteiger partial charge in [-0.25, -0.2) is 9.59 Å². The molecule has 0 atom stereocenters. The number of carboxylic acid groups (broad SMARTS) is 2. The van der Waals surface area contributed by atoms with Gasteiger partial charge in [0.15, 0.2) is 22.4 Å². The number of rotatable bonds is 5. The molecule has 0 unspecified atom stereocenters. The molecule has 0 amide bonds.